The highest BCUT2D eigenvalue weighted by molar-refractivity contribution is 14.0. The van der Waals surface area contributed by atoms with Crippen LogP contribution in [0, 0.1) is 0 Å². The van der Waals surface area contributed by atoms with Crippen LogP contribution in [0.2, 0.25) is 0 Å². The first-order valence-corrected chi connectivity index (χ1v) is 8.62. The summed E-state index contributed by atoms with van der Waals surface area (Å²) < 4.78 is 5.12. The van der Waals surface area contributed by atoms with E-state index in [1.165, 1.54) is 18.2 Å². The Hall–Kier alpha value is -1.96. The van der Waals surface area contributed by atoms with Gasteiger partial charge in [0.05, 0.1) is 7.11 Å². The topological polar surface area (TPSA) is 79.9 Å². The number of nitrogens with two attached hydrogens (primary N) is 1. The molecule has 0 saturated carbocycles. The molecule has 0 fully saturated rings. The molecule has 4 N–H and O–H groups in total. The third kappa shape index (κ3) is 5.79. The maximum Gasteiger partial charge on any atom is 0.193 e. The van der Waals surface area contributed by atoms with E-state index in [2.05, 4.69) is 42.4 Å². The Morgan fingerprint density at radius 1 is 1.15 bits per heavy atom. The predicted octanol–water partition coefficient (Wildman–Crippen LogP) is 4.11. The Kier molecular flexibility index (Phi) is 9.26. The van der Waals surface area contributed by atoms with Crippen molar-refractivity contribution in [2.75, 3.05) is 19.0 Å². The maximum atomic E-state index is 9.63. The Balaban J connectivity index is 0.00000338. The number of guanidine groups is 1. The molecule has 0 radical (unpaired) electrons. The van der Waals surface area contributed by atoms with Crippen molar-refractivity contribution >= 4 is 35.6 Å². The van der Waals surface area contributed by atoms with E-state index in [1.54, 1.807) is 6.07 Å². The summed E-state index contributed by atoms with van der Waals surface area (Å²) >= 11 is 0. The van der Waals surface area contributed by atoms with E-state index in [4.69, 9.17) is 10.5 Å². The Labute approximate surface area is 172 Å². The molecule has 6 heteroatoms. The van der Waals surface area contributed by atoms with Gasteiger partial charge in [-0.15, -0.1) is 24.0 Å². The van der Waals surface area contributed by atoms with E-state index < -0.39 is 0 Å². The number of phenols is 1. The largest absolute Gasteiger partial charge is 0.504 e. The minimum atomic E-state index is 0. The lowest BCUT2D eigenvalue weighted by Crippen LogP contribution is -2.24. The number of nitrogens with one attached hydrogen (secondary N) is 1. The number of anilines is 1. The van der Waals surface area contributed by atoms with Crippen molar-refractivity contribution in [3.8, 4) is 11.5 Å². The van der Waals surface area contributed by atoms with Crippen molar-refractivity contribution in [3.05, 3.63) is 53.1 Å². The molecule has 0 aliphatic heterocycles. The van der Waals surface area contributed by atoms with Crippen molar-refractivity contribution in [1.82, 2.24) is 0 Å². The normalized spacial score (nSPS) is 11.0. The molecule has 0 atom stereocenters. The molecule has 0 amide bonds. The summed E-state index contributed by atoms with van der Waals surface area (Å²) in [7, 11) is 1.54. The average Bonchev–Trinajstić information content (AvgIpc) is 2.63. The summed E-state index contributed by atoms with van der Waals surface area (Å²) in [5, 5.41) is 12.9. The first-order chi connectivity index (χ1) is 12.1. The predicted molar refractivity (Wildman–Crippen MR) is 119 cm³/mol. The number of halogens is 1. The van der Waals surface area contributed by atoms with Gasteiger partial charge >= 0.3 is 0 Å². The molecule has 5 nitrogen and oxygen atoms in total. The zero-order chi connectivity index (χ0) is 18.2. The Morgan fingerprint density at radius 2 is 1.81 bits per heavy atom. The van der Waals surface area contributed by atoms with Gasteiger partial charge in [-0.2, -0.15) is 0 Å². The second-order valence-electron chi connectivity index (χ2n) is 5.81. The molecule has 0 heterocycles. The number of rotatable bonds is 7. The van der Waals surface area contributed by atoms with Crippen LogP contribution in [0.1, 0.15) is 30.5 Å². The fraction of sp³-hybridized carbons (Fsp3) is 0.350. The molecule has 0 spiro atoms. The first-order valence-electron chi connectivity index (χ1n) is 8.62. The van der Waals surface area contributed by atoms with Gasteiger partial charge in [0.15, 0.2) is 17.5 Å². The van der Waals surface area contributed by atoms with E-state index >= 15 is 0 Å². The highest BCUT2D eigenvalue weighted by Crippen LogP contribution is 2.26. The quantitative estimate of drug-likeness (QED) is 0.324. The first kappa shape index (κ1) is 22.1. The molecule has 0 aromatic heterocycles. The molecule has 142 valence electrons. The number of aryl methyl sites for hydroxylation is 2. The summed E-state index contributed by atoms with van der Waals surface area (Å²) in [4.78, 5) is 4.42. The standard InChI is InChI=1S/C20H27N3O2.HI/c1-4-15-7-6-8-16(5-2)19(15)23-20(21)22-12-11-14-9-10-17(24)18(13-14)25-3;/h6-10,13,24H,4-5,11-12H2,1-3H3,(H3,21,22,23);1H. The third-order valence-corrected chi connectivity index (χ3v) is 4.18. The van der Waals surface area contributed by atoms with Crippen molar-refractivity contribution in [3.63, 3.8) is 0 Å². The Bertz CT molecular complexity index is 726. The molecule has 2 rings (SSSR count). The minimum Gasteiger partial charge on any atom is -0.504 e. The van der Waals surface area contributed by atoms with Crippen molar-refractivity contribution < 1.29 is 9.84 Å². The number of nitrogens with zero attached hydrogens (tertiary/aromatic N) is 1. The summed E-state index contributed by atoms with van der Waals surface area (Å²) in [5.41, 5.74) is 10.7. The number of ether oxygens (including phenoxy) is 1. The molecule has 0 aliphatic rings. The minimum absolute atomic E-state index is 0. The molecule has 0 aliphatic carbocycles. The number of hydrogen-bond donors (Lipinski definition) is 3. The smallest absolute Gasteiger partial charge is 0.193 e. The third-order valence-electron chi connectivity index (χ3n) is 4.18. The molecule has 0 saturated heterocycles. The van der Waals surface area contributed by atoms with Crippen LogP contribution in [0.15, 0.2) is 41.4 Å². The molecular formula is C20H28IN3O2. The molecule has 0 bridgehead atoms. The lowest BCUT2D eigenvalue weighted by atomic mass is 10.0. The number of aromatic hydroxyl groups is 1. The Morgan fingerprint density at radius 3 is 2.38 bits per heavy atom. The van der Waals surface area contributed by atoms with Gasteiger partial charge in [-0.25, -0.2) is 0 Å². The number of benzene rings is 2. The van der Waals surface area contributed by atoms with Crippen LogP contribution in [-0.4, -0.2) is 24.7 Å². The molecule has 26 heavy (non-hydrogen) atoms. The van der Waals surface area contributed by atoms with Crippen molar-refractivity contribution in [2.45, 2.75) is 33.1 Å². The van der Waals surface area contributed by atoms with E-state index in [1.807, 2.05) is 12.1 Å². The van der Waals surface area contributed by atoms with Crippen LogP contribution in [-0.2, 0) is 19.3 Å². The summed E-state index contributed by atoms with van der Waals surface area (Å²) in [6.45, 7) is 4.82. The highest BCUT2D eigenvalue weighted by Gasteiger charge is 2.07. The summed E-state index contributed by atoms with van der Waals surface area (Å²) in [6, 6.07) is 11.6. The van der Waals surface area contributed by atoms with Gasteiger partial charge in [-0.1, -0.05) is 38.1 Å². The summed E-state index contributed by atoms with van der Waals surface area (Å²) in [6.07, 6.45) is 2.60. The van der Waals surface area contributed by atoms with Crippen molar-refractivity contribution in [2.24, 2.45) is 10.7 Å². The fourth-order valence-electron chi connectivity index (χ4n) is 2.75. The van der Waals surface area contributed by atoms with Crippen LogP contribution in [0.5, 0.6) is 11.5 Å². The van der Waals surface area contributed by atoms with E-state index in [0.717, 1.165) is 30.5 Å². The molecule has 0 unspecified atom stereocenters. The van der Waals surface area contributed by atoms with Crippen LogP contribution in [0.4, 0.5) is 5.69 Å². The van der Waals surface area contributed by atoms with E-state index in [0.29, 0.717) is 18.3 Å². The second kappa shape index (κ2) is 10.9. The summed E-state index contributed by atoms with van der Waals surface area (Å²) in [5.74, 6) is 1.03. The number of para-hydroxylation sites is 1. The van der Waals surface area contributed by atoms with Gasteiger partial charge in [0.2, 0.25) is 0 Å². The van der Waals surface area contributed by atoms with Gasteiger partial charge in [0.25, 0.3) is 0 Å². The van der Waals surface area contributed by atoms with Crippen molar-refractivity contribution in [1.29, 1.82) is 0 Å². The molecular weight excluding hydrogens is 441 g/mol. The number of aliphatic imine (C=N–C) groups is 1. The molecule has 2 aromatic rings. The number of phenolic OH excluding ortho intramolecular Hbond substituents is 1. The highest BCUT2D eigenvalue weighted by atomic mass is 127. The second-order valence-corrected chi connectivity index (χ2v) is 5.81. The lowest BCUT2D eigenvalue weighted by molar-refractivity contribution is 0.373. The average molecular weight is 469 g/mol. The SMILES string of the molecule is CCc1cccc(CC)c1NC(N)=NCCc1ccc(O)c(OC)c1.I. The van der Waals surface area contributed by atoms with Crippen LogP contribution < -0.4 is 15.8 Å². The lowest BCUT2D eigenvalue weighted by Gasteiger charge is -2.14. The van der Waals surface area contributed by atoms with E-state index in [-0.39, 0.29) is 29.7 Å². The molecule has 2 aromatic carbocycles. The fourth-order valence-corrected chi connectivity index (χ4v) is 2.75. The van der Waals surface area contributed by atoms with Crippen LogP contribution >= 0.6 is 24.0 Å². The van der Waals surface area contributed by atoms with Crippen LogP contribution in [0.3, 0.4) is 0 Å². The maximum absolute atomic E-state index is 9.63. The van der Waals surface area contributed by atoms with Gasteiger partial charge < -0.3 is 20.9 Å². The van der Waals surface area contributed by atoms with E-state index in [9.17, 15) is 5.11 Å². The van der Waals surface area contributed by atoms with Crippen LogP contribution in [0.25, 0.3) is 0 Å². The van der Waals surface area contributed by atoms with Gasteiger partial charge in [-0.3, -0.25) is 4.99 Å². The van der Waals surface area contributed by atoms with Gasteiger partial charge in [0.1, 0.15) is 0 Å². The van der Waals surface area contributed by atoms with Gasteiger partial charge in [0, 0.05) is 12.2 Å². The zero-order valence-corrected chi connectivity index (χ0v) is 17.9. The monoisotopic (exact) mass is 469 g/mol. The zero-order valence-electron chi connectivity index (χ0n) is 15.6. The number of hydrogen-bond acceptors (Lipinski definition) is 3. The van der Waals surface area contributed by atoms with Gasteiger partial charge in [-0.05, 0) is 48.1 Å². The number of methoxy groups -OCH3 is 1.